The van der Waals surface area contributed by atoms with E-state index in [0.717, 1.165) is 28.0 Å². The number of nitrogens with zero attached hydrogens (tertiary/aromatic N) is 1. The molecule has 5 nitrogen and oxygen atoms in total. The molecular weight excluding hydrogens is 340 g/mol. The summed E-state index contributed by atoms with van der Waals surface area (Å²) >= 11 is 0. The molecule has 0 radical (unpaired) electrons. The van der Waals surface area contributed by atoms with Crippen LogP contribution in [0.25, 0.3) is 0 Å². The summed E-state index contributed by atoms with van der Waals surface area (Å²) in [5.41, 5.74) is 2.24. The molecule has 1 N–H and O–H groups in total. The number of benzene rings is 2. The number of aryl methyl sites for hydroxylation is 2. The highest BCUT2D eigenvalue weighted by Gasteiger charge is 2.52. The number of hydrogen-bond donors (Lipinski definition) is 1. The molecule has 0 bridgehead atoms. The van der Waals surface area contributed by atoms with Crippen molar-refractivity contribution in [1.29, 1.82) is 0 Å². The van der Waals surface area contributed by atoms with Crippen molar-refractivity contribution in [2.45, 2.75) is 39.2 Å². The molecule has 0 spiro atoms. The SMILES string of the molecule is CCCC1(c2ccccc2)NC(=O)N(CC(=O)c2ccc(C)c(C)c2)C1=O. The van der Waals surface area contributed by atoms with E-state index in [9.17, 15) is 14.4 Å². The molecule has 0 aliphatic carbocycles. The van der Waals surface area contributed by atoms with Gasteiger partial charge >= 0.3 is 6.03 Å². The maximum atomic E-state index is 13.2. The third kappa shape index (κ3) is 3.37. The van der Waals surface area contributed by atoms with Gasteiger partial charge in [0, 0.05) is 5.56 Å². The van der Waals surface area contributed by atoms with Crippen molar-refractivity contribution in [2.75, 3.05) is 6.54 Å². The van der Waals surface area contributed by atoms with Crippen LogP contribution in [0.5, 0.6) is 0 Å². The van der Waals surface area contributed by atoms with Gasteiger partial charge in [-0.2, -0.15) is 0 Å². The van der Waals surface area contributed by atoms with Crippen LogP contribution in [0.3, 0.4) is 0 Å². The van der Waals surface area contributed by atoms with Crippen LogP contribution in [0.2, 0.25) is 0 Å². The Bertz CT molecular complexity index is 892. The first-order chi connectivity index (χ1) is 12.9. The van der Waals surface area contributed by atoms with Crippen molar-refractivity contribution in [3.63, 3.8) is 0 Å². The molecule has 1 atom stereocenters. The molecule has 2 aromatic rings. The van der Waals surface area contributed by atoms with E-state index in [-0.39, 0.29) is 18.2 Å². The van der Waals surface area contributed by atoms with Crippen molar-refractivity contribution in [3.8, 4) is 0 Å². The zero-order valence-electron chi connectivity index (χ0n) is 15.9. The van der Waals surface area contributed by atoms with Crippen molar-refractivity contribution in [2.24, 2.45) is 0 Å². The first kappa shape index (κ1) is 18.8. The van der Waals surface area contributed by atoms with E-state index in [0.29, 0.717) is 12.0 Å². The standard InChI is InChI=1S/C22H24N2O3/c1-4-12-22(18-8-6-5-7-9-18)20(26)24(21(27)23-22)14-19(25)17-11-10-15(2)16(3)13-17/h5-11,13H,4,12,14H2,1-3H3,(H,23,27). The van der Waals surface area contributed by atoms with Crippen molar-refractivity contribution < 1.29 is 14.4 Å². The summed E-state index contributed by atoms with van der Waals surface area (Å²) in [6, 6.07) is 14.1. The van der Waals surface area contributed by atoms with Crippen molar-refractivity contribution in [3.05, 3.63) is 70.8 Å². The van der Waals surface area contributed by atoms with E-state index >= 15 is 0 Å². The lowest BCUT2D eigenvalue weighted by molar-refractivity contribution is -0.131. The lowest BCUT2D eigenvalue weighted by atomic mass is 9.85. The molecule has 1 aliphatic heterocycles. The fourth-order valence-electron chi connectivity index (χ4n) is 3.53. The Kier molecular flexibility index (Phi) is 5.13. The van der Waals surface area contributed by atoms with Crippen LogP contribution < -0.4 is 5.32 Å². The molecule has 140 valence electrons. The molecular formula is C22H24N2O3. The third-order valence-corrected chi connectivity index (χ3v) is 5.20. The number of amides is 3. The second-order valence-electron chi connectivity index (χ2n) is 7.07. The van der Waals surface area contributed by atoms with Gasteiger partial charge in [0.2, 0.25) is 0 Å². The molecule has 27 heavy (non-hydrogen) atoms. The highest BCUT2D eigenvalue weighted by atomic mass is 16.2. The maximum Gasteiger partial charge on any atom is 0.325 e. The molecule has 1 aliphatic rings. The maximum absolute atomic E-state index is 13.2. The average molecular weight is 364 g/mol. The fourth-order valence-corrected chi connectivity index (χ4v) is 3.53. The zero-order valence-corrected chi connectivity index (χ0v) is 15.9. The van der Waals surface area contributed by atoms with Crippen LogP contribution >= 0.6 is 0 Å². The molecule has 2 aromatic carbocycles. The Labute approximate surface area is 159 Å². The Morgan fingerprint density at radius 1 is 1.04 bits per heavy atom. The lowest BCUT2D eigenvalue weighted by Gasteiger charge is -2.26. The number of hydrogen-bond acceptors (Lipinski definition) is 3. The van der Waals surface area contributed by atoms with Crippen LogP contribution in [0, 0.1) is 13.8 Å². The molecule has 1 saturated heterocycles. The minimum atomic E-state index is -1.10. The Balaban J connectivity index is 1.88. The summed E-state index contributed by atoms with van der Waals surface area (Å²) in [6.07, 6.45) is 1.20. The summed E-state index contributed by atoms with van der Waals surface area (Å²) in [6.45, 7) is 5.61. The van der Waals surface area contributed by atoms with Gasteiger partial charge < -0.3 is 5.32 Å². The normalized spacial score (nSPS) is 19.3. The number of ketones is 1. The molecule has 1 unspecified atom stereocenters. The fraction of sp³-hybridized carbons (Fsp3) is 0.318. The van der Waals surface area contributed by atoms with Crippen LogP contribution in [0.1, 0.15) is 46.8 Å². The van der Waals surface area contributed by atoms with E-state index in [2.05, 4.69) is 5.32 Å². The highest BCUT2D eigenvalue weighted by Crippen LogP contribution is 2.33. The van der Waals surface area contributed by atoms with E-state index in [1.54, 1.807) is 12.1 Å². The predicted molar refractivity (Wildman–Crippen MR) is 104 cm³/mol. The van der Waals surface area contributed by atoms with Gasteiger partial charge in [-0.15, -0.1) is 0 Å². The molecule has 0 aromatic heterocycles. The molecule has 1 fully saturated rings. The largest absolute Gasteiger partial charge is 0.325 e. The number of urea groups is 1. The molecule has 3 amide bonds. The summed E-state index contributed by atoms with van der Waals surface area (Å²) in [7, 11) is 0. The van der Waals surface area contributed by atoms with Gasteiger partial charge in [-0.1, -0.05) is 55.8 Å². The van der Waals surface area contributed by atoms with E-state index in [4.69, 9.17) is 0 Å². The first-order valence-corrected chi connectivity index (χ1v) is 9.19. The molecule has 5 heteroatoms. The molecule has 1 heterocycles. The van der Waals surface area contributed by atoms with E-state index in [1.165, 1.54) is 0 Å². The first-order valence-electron chi connectivity index (χ1n) is 9.19. The van der Waals surface area contributed by atoms with Crippen LogP contribution in [-0.2, 0) is 10.3 Å². The quantitative estimate of drug-likeness (QED) is 0.627. The smallest absolute Gasteiger partial charge is 0.319 e. The summed E-state index contributed by atoms with van der Waals surface area (Å²) < 4.78 is 0. The number of carbonyl (C=O) groups excluding carboxylic acids is 3. The van der Waals surface area contributed by atoms with E-state index in [1.807, 2.05) is 57.2 Å². The minimum Gasteiger partial charge on any atom is -0.319 e. The Hall–Kier alpha value is -2.95. The zero-order chi connectivity index (χ0) is 19.6. The third-order valence-electron chi connectivity index (χ3n) is 5.20. The van der Waals surface area contributed by atoms with Gasteiger partial charge in [0.05, 0.1) is 6.54 Å². The minimum absolute atomic E-state index is 0.248. The number of carbonyl (C=O) groups is 3. The number of Topliss-reactive ketones (excluding diaryl/α,β-unsaturated/α-hetero) is 1. The number of nitrogens with one attached hydrogen (secondary N) is 1. The number of rotatable bonds is 6. The summed E-state index contributed by atoms with van der Waals surface area (Å²) in [5.74, 6) is -0.611. The second kappa shape index (κ2) is 7.35. The molecule has 3 rings (SSSR count). The predicted octanol–water partition coefficient (Wildman–Crippen LogP) is 3.73. The Morgan fingerprint density at radius 2 is 1.74 bits per heavy atom. The van der Waals surface area contributed by atoms with Gasteiger partial charge in [0.1, 0.15) is 5.54 Å². The van der Waals surface area contributed by atoms with Gasteiger partial charge in [0.15, 0.2) is 5.78 Å². The Morgan fingerprint density at radius 3 is 2.37 bits per heavy atom. The topological polar surface area (TPSA) is 66.5 Å². The molecule has 0 saturated carbocycles. The van der Waals surface area contributed by atoms with Crippen molar-refractivity contribution in [1.82, 2.24) is 10.2 Å². The van der Waals surface area contributed by atoms with Crippen LogP contribution in [0.4, 0.5) is 4.79 Å². The van der Waals surface area contributed by atoms with Crippen molar-refractivity contribution >= 4 is 17.7 Å². The van der Waals surface area contributed by atoms with Crippen LogP contribution in [-0.4, -0.2) is 29.2 Å². The van der Waals surface area contributed by atoms with Gasteiger partial charge in [0.25, 0.3) is 5.91 Å². The summed E-state index contributed by atoms with van der Waals surface area (Å²) in [4.78, 5) is 39.5. The van der Waals surface area contributed by atoms with Gasteiger partial charge in [-0.05, 0) is 43.0 Å². The van der Waals surface area contributed by atoms with Gasteiger partial charge in [-0.25, -0.2) is 4.79 Å². The lowest BCUT2D eigenvalue weighted by Crippen LogP contribution is -2.44. The highest BCUT2D eigenvalue weighted by molar-refractivity contribution is 6.11. The summed E-state index contributed by atoms with van der Waals surface area (Å²) in [5, 5.41) is 2.85. The van der Waals surface area contributed by atoms with Gasteiger partial charge in [-0.3, -0.25) is 14.5 Å². The van der Waals surface area contributed by atoms with E-state index < -0.39 is 11.6 Å². The number of imide groups is 1. The van der Waals surface area contributed by atoms with Crippen LogP contribution in [0.15, 0.2) is 48.5 Å². The average Bonchev–Trinajstić information content (AvgIpc) is 2.90. The second-order valence-corrected chi connectivity index (χ2v) is 7.07. The monoisotopic (exact) mass is 364 g/mol.